The van der Waals surface area contributed by atoms with E-state index in [9.17, 15) is 5.11 Å². The Bertz CT molecular complexity index is 379. The SMILES string of the molecule is CC(C)(O)CCc1ccc2c(c1)CCCNC2. The lowest BCUT2D eigenvalue weighted by Gasteiger charge is -2.17. The minimum atomic E-state index is -0.561. The lowest BCUT2D eigenvalue weighted by Crippen LogP contribution is -2.19. The van der Waals surface area contributed by atoms with E-state index in [0.717, 1.165) is 25.9 Å². The largest absolute Gasteiger partial charge is 0.390 e. The van der Waals surface area contributed by atoms with Gasteiger partial charge in [0.2, 0.25) is 0 Å². The van der Waals surface area contributed by atoms with E-state index in [0.29, 0.717) is 0 Å². The van der Waals surface area contributed by atoms with Crippen LogP contribution in [0.15, 0.2) is 18.2 Å². The first-order chi connectivity index (χ1) is 8.04. The summed E-state index contributed by atoms with van der Waals surface area (Å²) in [5.74, 6) is 0. The molecule has 0 spiro atoms. The Labute approximate surface area is 104 Å². The topological polar surface area (TPSA) is 32.3 Å². The van der Waals surface area contributed by atoms with Gasteiger partial charge in [-0.15, -0.1) is 0 Å². The molecule has 94 valence electrons. The normalized spacial score (nSPS) is 16.4. The molecule has 0 saturated heterocycles. The van der Waals surface area contributed by atoms with Gasteiger partial charge < -0.3 is 10.4 Å². The van der Waals surface area contributed by atoms with Crippen LogP contribution in [0.1, 0.15) is 43.4 Å². The number of nitrogens with one attached hydrogen (secondary N) is 1. The van der Waals surface area contributed by atoms with Crippen molar-refractivity contribution in [3.8, 4) is 0 Å². The summed E-state index contributed by atoms with van der Waals surface area (Å²) in [6, 6.07) is 6.78. The molecule has 1 heterocycles. The number of aliphatic hydroxyl groups is 1. The molecule has 0 amide bonds. The molecule has 2 nitrogen and oxygen atoms in total. The van der Waals surface area contributed by atoms with Crippen molar-refractivity contribution in [2.75, 3.05) is 6.54 Å². The van der Waals surface area contributed by atoms with Gasteiger partial charge >= 0.3 is 0 Å². The van der Waals surface area contributed by atoms with Crippen molar-refractivity contribution >= 4 is 0 Å². The van der Waals surface area contributed by atoms with Gasteiger partial charge in [-0.3, -0.25) is 0 Å². The molecule has 0 bridgehead atoms. The van der Waals surface area contributed by atoms with Crippen molar-refractivity contribution in [3.63, 3.8) is 0 Å². The number of rotatable bonds is 3. The van der Waals surface area contributed by atoms with Crippen LogP contribution in [-0.4, -0.2) is 17.3 Å². The van der Waals surface area contributed by atoms with Gasteiger partial charge in [0.1, 0.15) is 0 Å². The lowest BCUT2D eigenvalue weighted by molar-refractivity contribution is 0.0714. The first kappa shape index (κ1) is 12.6. The van der Waals surface area contributed by atoms with E-state index in [2.05, 4.69) is 23.5 Å². The van der Waals surface area contributed by atoms with E-state index in [1.807, 2.05) is 13.8 Å². The predicted octanol–water partition coefficient (Wildman–Crippen LogP) is 2.43. The molecule has 1 aliphatic rings. The van der Waals surface area contributed by atoms with Crippen LogP contribution >= 0.6 is 0 Å². The number of fused-ring (bicyclic) bond motifs is 1. The molecule has 0 unspecified atom stereocenters. The Morgan fingerprint density at radius 1 is 1.29 bits per heavy atom. The van der Waals surface area contributed by atoms with E-state index in [4.69, 9.17) is 0 Å². The zero-order chi connectivity index (χ0) is 12.3. The zero-order valence-corrected chi connectivity index (χ0v) is 10.9. The smallest absolute Gasteiger partial charge is 0.0594 e. The van der Waals surface area contributed by atoms with Crippen LogP contribution in [0.5, 0.6) is 0 Å². The summed E-state index contributed by atoms with van der Waals surface area (Å²) < 4.78 is 0. The highest BCUT2D eigenvalue weighted by Gasteiger charge is 2.13. The van der Waals surface area contributed by atoms with E-state index in [-0.39, 0.29) is 0 Å². The Balaban J connectivity index is 2.07. The molecule has 0 saturated carbocycles. The van der Waals surface area contributed by atoms with Crippen LogP contribution in [0, 0.1) is 0 Å². The molecule has 0 radical (unpaired) electrons. The number of hydrogen-bond acceptors (Lipinski definition) is 2. The van der Waals surface area contributed by atoms with Crippen molar-refractivity contribution in [1.29, 1.82) is 0 Å². The van der Waals surface area contributed by atoms with Crippen LogP contribution in [0.2, 0.25) is 0 Å². The summed E-state index contributed by atoms with van der Waals surface area (Å²) in [6.45, 7) is 5.87. The van der Waals surface area contributed by atoms with Gasteiger partial charge in [0.25, 0.3) is 0 Å². The zero-order valence-electron chi connectivity index (χ0n) is 10.9. The van der Waals surface area contributed by atoms with Crippen LogP contribution in [0.25, 0.3) is 0 Å². The summed E-state index contributed by atoms with van der Waals surface area (Å²) >= 11 is 0. The van der Waals surface area contributed by atoms with Crippen molar-refractivity contribution in [1.82, 2.24) is 5.32 Å². The van der Waals surface area contributed by atoms with Crippen molar-refractivity contribution in [3.05, 3.63) is 34.9 Å². The molecular weight excluding hydrogens is 210 g/mol. The molecule has 0 atom stereocenters. The summed E-state index contributed by atoms with van der Waals surface area (Å²) in [5.41, 5.74) is 3.72. The van der Waals surface area contributed by atoms with Crippen LogP contribution in [0.4, 0.5) is 0 Å². The quantitative estimate of drug-likeness (QED) is 0.840. The molecule has 17 heavy (non-hydrogen) atoms. The van der Waals surface area contributed by atoms with E-state index in [1.165, 1.54) is 29.5 Å². The van der Waals surface area contributed by atoms with Crippen LogP contribution in [-0.2, 0) is 19.4 Å². The van der Waals surface area contributed by atoms with E-state index in [1.54, 1.807) is 0 Å². The Hall–Kier alpha value is -0.860. The van der Waals surface area contributed by atoms with Gasteiger partial charge in [-0.2, -0.15) is 0 Å². The van der Waals surface area contributed by atoms with E-state index < -0.39 is 5.60 Å². The molecule has 1 aromatic carbocycles. The molecule has 2 rings (SSSR count). The average Bonchev–Trinajstić information content (AvgIpc) is 2.49. The fraction of sp³-hybridized carbons (Fsp3) is 0.600. The lowest BCUT2D eigenvalue weighted by atomic mass is 9.95. The minimum absolute atomic E-state index is 0.561. The van der Waals surface area contributed by atoms with Gasteiger partial charge in [0, 0.05) is 6.54 Å². The third-order valence-electron chi connectivity index (χ3n) is 3.41. The number of benzene rings is 1. The molecule has 0 aliphatic carbocycles. The Morgan fingerprint density at radius 3 is 2.88 bits per heavy atom. The van der Waals surface area contributed by atoms with Crippen LogP contribution in [0.3, 0.4) is 0 Å². The Kier molecular flexibility index (Phi) is 3.85. The van der Waals surface area contributed by atoms with Gasteiger partial charge in [0.15, 0.2) is 0 Å². The van der Waals surface area contributed by atoms with E-state index >= 15 is 0 Å². The summed E-state index contributed by atoms with van der Waals surface area (Å²) in [5, 5.41) is 13.2. The molecule has 1 aliphatic heterocycles. The number of hydrogen-bond donors (Lipinski definition) is 2. The minimum Gasteiger partial charge on any atom is -0.390 e. The maximum atomic E-state index is 9.75. The standard InChI is InChI=1S/C15H23NO/c1-15(2,17)8-7-12-5-6-14-11-16-9-3-4-13(14)10-12/h5-6,10,16-17H,3-4,7-9,11H2,1-2H3. The first-order valence-corrected chi connectivity index (χ1v) is 6.58. The highest BCUT2D eigenvalue weighted by atomic mass is 16.3. The highest BCUT2D eigenvalue weighted by molar-refractivity contribution is 5.33. The average molecular weight is 233 g/mol. The second-order valence-electron chi connectivity index (χ2n) is 5.70. The fourth-order valence-corrected chi connectivity index (χ4v) is 2.32. The highest BCUT2D eigenvalue weighted by Crippen LogP contribution is 2.19. The monoisotopic (exact) mass is 233 g/mol. The first-order valence-electron chi connectivity index (χ1n) is 6.58. The van der Waals surface area contributed by atoms with Gasteiger partial charge in [0.05, 0.1) is 5.60 Å². The van der Waals surface area contributed by atoms with Gasteiger partial charge in [-0.25, -0.2) is 0 Å². The van der Waals surface area contributed by atoms with Gasteiger partial charge in [-0.1, -0.05) is 18.2 Å². The molecule has 0 aromatic heterocycles. The third kappa shape index (κ3) is 3.83. The van der Waals surface area contributed by atoms with Crippen molar-refractivity contribution in [2.24, 2.45) is 0 Å². The molecular formula is C15H23NO. The van der Waals surface area contributed by atoms with Crippen molar-refractivity contribution < 1.29 is 5.11 Å². The fourth-order valence-electron chi connectivity index (χ4n) is 2.32. The van der Waals surface area contributed by atoms with Crippen LogP contribution < -0.4 is 5.32 Å². The predicted molar refractivity (Wildman–Crippen MR) is 71.1 cm³/mol. The second-order valence-corrected chi connectivity index (χ2v) is 5.70. The van der Waals surface area contributed by atoms with Crippen molar-refractivity contribution in [2.45, 2.75) is 51.7 Å². The molecule has 1 aromatic rings. The second kappa shape index (κ2) is 5.19. The molecule has 2 N–H and O–H groups in total. The molecule has 0 fully saturated rings. The maximum absolute atomic E-state index is 9.75. The summed E-state index contributed by atoms with van der Waals surface area (Å²) in [6.07, 6.45) is 4.19. The molecule has 2 heteroatoms. The summed E-state index contributed by atoms with van der Waals surface area (Å²) in [7, 11) is 0. The summed E-state index contributed by atoms with van der Waals surface area (Å²) in [4.78, 5) is 0. The Morgan fingerprint density at radius 2 is 2.12 bits per heavy atom. The number of aryl methyl sites for hydroxylation is 2. The third-order valence-corrected chi connectivity index (χ3v) is 3.41. The maximum Gasteiger partial charge on any atom is 0.0594 e. The van der Waals surface area contributed by atoms with Gasteiger partial charge in [-0.05, 0) is 62.8 Å².